The number of hydrogen-bond acceptors (Lipinski definition) is 6. The van der Waals surface area contributed by atoms with Crippen LogP contribution in [-0.4, -0.2) is 34.2 Å². The van der Waals surface area contributed by atoms with Crippen molar-refractivity contribution >= 4 is 11.6 Å². The highest BCUT2D eigenvalue weighted by atomic mass is 16.6. The van der Waals surface area contributed by atoms with Crippen LogP contribution in [0.1, 0.15) is 30.0 Å². The number of carbonyl (C=O) groups excluding carboxylic acids is 1. The van der Waals surface area contributed by atoms with Crippen molar-refractivity contribution < 1.29 is 9.63 Å². The lowest BCUT2D eigenvalue weighted by Gasteiger charge is -2.08. The normalized spacial score (nSPS) is 15.3. The number of oxime groups is 1. The number of amides is 1. The number of rotatable bonds is 8. The largest absolute Gasteiger partial charge is 0.390 e. The number of benzene rings is 1. The average Bonchev–Trinajstić information content (AvgIpc) is 3.28. The maximum absolute atomic E-state index is 11.0. The second kappa shape index (κ2) is 9.95. The summed E-state index contributed by atoms with van der Waals surface area (Å²) < 4.78 is 0. The predicted octanol–water partition coefficient (Wildman–Crippen LogP) is 3.06. The van der Waals surface area contributed by atoms with Gasteiger partial charge in [-0.1, -0.05) is 29.4 Å². The third kappa shape index (κ3) is 5.73. The van der Waals surface area contributed by atoms with E-state index in [1.54, 1.807) is 12.4 Å². The van der Waals surface area contributed by atoms with Crippen LogP contribution in [0.2, 0.25) is 0 Å². The van der Waals surface area contributed by atoms with Crippen molar-refractivity contribution in [2.75, 3.05) is 6.54 Å². The summed E-state index contributed by atoms with van der Waals surface area (Å²) in [6, 6.07) is 16.4. The lowest BCUT2D eigenvalue weighted by molar-refractivity contribution is -0.119. The van der Waals surface area contributed by atoms with Gasteiger partial charge in [-0.15, -0.1) is 0 Å². The van der Waals surface area contributed by atoms with Gasteiger partial charge in [-0.3, -0.25) is 14.8 Å². The molecule has 2 N–H and O–H groups in total. The summed E-state index contributed by atoms with van der Waals surface area (Å²) in [6.07, 6.45) is 5.96. The average molecular weight is 415 g/mol. The number of hydrogen-bond donors (Lipinski definition) is 2. The molecule has 3 aromatic rings. The monoisotopic (exact) mass is 415 g/mol. The van der Waals surface area contributed by atoms with Crippen molar-refractivity contribution in [3.63, 3.8) is 0 Å². The molecular weight excluding hydrogens is 390 g/mol. The second-order valence-electron chi connectivity index (χ2n) is 7.49. The predicted molar refractivity (Wildman–Crippen MR) is 119 cm³/mol. The van der Waals surface area contributed by atoms with Crippen molar-refractivity contribution in [3.8, 4) is 11.3 Å². The Morgan fingerprint density at radius 2 is 1.71 bits per heavy atom. The molecule has 0 saturated heterocycles. The third-order valence-electron chi connectivity index (χ3n) is 5.07. The van der Waals surface area contributed by atoms with E-state index >= 15 is 0 Å². The van der Waals surface area contributed by atoms with Gasteiger partial charge in [0.15, 0.2) is 0 Å². The maximum atomic E-state index is 11.0. The van der Waals surface area contributed by atoms with E-state index in [0.29, 0.717) is 13.0 Å². The molecule has 1 aromatic carbocycles. The summed E-state index contributed by atoms with van der Waals surface area (Å²) in [4.78, 5) is 25.1. The van der Waals surface area contributed by atoms with Gasteiger partial charge in [-0.05, 0) is 35.4 Å². The van der Waals surface area contributed by atoms with E-state index < -0.39 is 0 Å². The molecule has 1 atom stereocenters. The summed E-state index contributed by atoms with van der Waals surface area (Å²) in [5.41, 5.74) is 6.20. The minimum absolute atomic E-state index is 0.0707. The third-order valence-corrected chi connectivity index (χ3v) is 5.07. The zero-order valence-electron chi connectivity index (χ0n) is 17.4. The first kappa shape index (κ1) is 20.7. The van der Waals surface area contributed by atoms with Gasteiger partial charge in [-0.2, -0.15) is 0 Å². The fraction of sp³-hybridized carbons (Fsp3) is 0.250. The minimum Gasteiger partial charge on any atom is -0.390 e. The van der Waals surface area contributed by atoms with Gasteiger partial charge in [-0.25, -0.2) is 0 Å². The Morgan fingerprint density at radius 3 is 2.39 bits per heavy atom. The quantitative estimate of drug-likeness (QED) is 0.590. The first-order valence-electron chi connectivity index (χ1n) is 10.3. The molecule has 7 heteroatoms. The van der Waals surface area contributed by atoms with E-state index in [0.717, 1.165) is 35.6 Å². The molecule has 0 bridgehead atoms. The Morgan fingerprint density at radius 1 is 1.00 bits per heavy atom. The summed E-state index contributed by atoms with van der Waals surface area (Å²) in [7, 11) is 0. The summed E-state index contributed by atoms with van der Waals surface area (Å²) >= 11 is 0. The standard InChI is InChI=1S/C24H25N5O2/c1-17(30)27-16-22-12-24(29-31-22)21-6-7-23(28-15-21)20-4-2-18(3-5-20)13-26-14-19-8-10-25-11-9-19/h2-11,15,22,26H,12-14,16H2,1H3,(H,27,30). The van der Waals surface area contributed by atoms with Crippen molar-refractivity contribution in [3.05, 3.63) is 83.8 Å². The van der Waals surface area contributed by atoms with Gasteiger partial charge in [0.2, 0.25) is 5.91 Å². The van der Waals surface area contributed by atoms with E-state index in [9.17, 15) is 4.79 Å². The van der Waals surface area contributed by atoms with Gasteiger partial charge in [0.1, 0.15) is 6.10 Å². The molecule has 1 unspecified atom stereocenters. The van der Waals surface area contributed by atoms with Crippen LogP contribution < -0.4 is 10.6 Å². The molecular formula is C24H25N5O2. The molecule has 1 aliphatic rings. The molecule has 1 amide bonds. The molecule has 0 spiro atoms. The van der Waals surface area contributed by atoms with Crippen molar-refractivity contribution in [2.24, 2.45) is 5.16 Å². The lowest BCUT2D eigenvalue weighted by atomic mass is 10.0. The molecule has 3 heterocycles. The van der Waals surface area contributed by atoms with Gasteiger partial charge < -0.3 is 15.5 Å². The molecule has 0 saturated carbocycles. The minimum atomic E-state index is -0.127. The van der Waals surface area contributed by atoms with Gasteiger partial charge in [0.05, 0.1) is 18.0 Å². The second-order valence-corrected chi connectivity index (χ2v) is 7.49. The Labute approximate surface area is 181 Å². The van der Waals surface area contributed by atoms with Gasteiger partial charge >= 0.3 is 0 Å². The topological polar surface area (TPSA) is 88.5 Å². The Hall–Kier alpha value is -3.58. The maximum Gasteiger partial charge on any atom is 0.217 e. The zero-order valence-corrected chi connectivity index (χ0v) is 17.4. The molecule has 7 nitrogen and oxygen atoms in total. The van der Waals surface area contributed by atoms with Crippen molar-refractivity contribution in [1.29, 1.82) is 0 Å². The molecule has 31 heavy (non-hydrogen) atoms. The van der Waals surface area contributed by atoms with Crippen LogP contribution in [0.5, 0.6) is 0 Å². The Balaban J connectivity index is 1.30. The zero-order chi connectivity index (χ0) is 21.5. The molecule has 4 rings (SSSR count). The van der Waals surface area contributed by atoms with Crippen LogP contribution in [0.25, 0.3) is 11.3 Å². The first-order valence-corrected chi connectivity index (χ1v) is 10.3. The smallest absolute Gasteiger partial charge is 0.217 e. The van der Waals surface area contributed by atoms with E-state index in [-0.39, 0.29) is 12.0 Å². The molecule has 1 aliphatic heterocycles. The Kier molecular flexibility index (Phi) is 6.64. The van der Waals surface area contributed by atoms with Crippen LogP contribution in [0, 0.1) is 0 Å². The van der Waals surface area contributed by atoms with Gasteiger partial charge in [0, 0.05) is 56.2 Å². The van der Waals surface area contributed by atoms with Crippen LogP contribution >= 0.6 is 0 Å². The molecule has 2 aromatic heterocycles. The fourth-order valence-electron chi connectivity index (χ4n) is 3.35. The van der Waals surface area contributed by atoms with Crippen LogP contribution in [-0.2, 0) is 22.7 Å². The van der Waals surface area contributed by atoms with E-state index in [4.69, 9.17) is 4.84 Å². The van der Waals surface area contributed by atoms with Crippen LogP contribution in [0.15, 0.2) is 72.3 Å². The van der Waals surface area contributed by atoms with E-state index in [2.05, 4.69) is 50.0 Å². The van der Waals surface area contributed by atoms with Gasteiger partial charge in [0.25, 0.3) is 0 Å². The lowest BCUT2D eigenvalue weighted by Crippen LogP contribution is -2.30. The number of carbonyl (C=O) groups is 1. The highest BCUT2D eigenvalue weighted by Gasteiger charge is 2.22. The summed E-state index contributed by atoms with van der Waals surface area (Å²) in [6.45, 7) is 3.56. The summed E-state index contributed by atoms with van der Waals surface area (Å²) in [5, 5.41) is 10.3. The van der Waals surface area contributed by atoms with Crippen molar-refractivity contribution in [2.45, 2.75) is 32.5 Å². The molecule has 0 aliphatic carbocycles. The van der Waals surface area contributed by atoms with E-state index in [1.165, 1.54) is 18.1 Å². The molecule has 0 radical (unpaired) electrons. The Bertz CT molecular complexity index is 1030. The van der Waals surface area contributed by atoms with Crippen LogP contribution in [0.4, 0.5) is 0 Å². The SMILES string of the molecule is CC(=O)NCC1CC(c2ccc(-c3ccc(CNCc4ccncc4)cc3)nc2)=NO1. The number of pyridine rings is 2. The highest BCUT2D eigenvalue weighted by molar-refractivity contribution is 6.01. The number of aromatic nitrogens is 2. The van der Waals surface area contributed by atoms with E-state index in [1.807, 2.05) is 30.5 Å². The number of nitrogens with one attached hydrogen (secondary N) is 2. The van der Waals surface area contributed by atoms with Crippen LogP contribution in [0.3, 0.4) is 0 Å². The van der Waals surface area contributed by atoms with Crippen molar-refractivity contribution in [1.82, 2.24) is 20.6 Å². The summed E-state index contributed by atoms with van der Waals surface area (Å²) in [5.74, 6) is -0.0707. The molecule has 158 valence electrons. The fourth-order valence-corrected chi connectivity index (χ4v) is 3.35. The first-order chi connectivity index (χ1) is 15.2. The highest BCUT2D eigenvalue weighted by Crippen LogP contribution is 2.21. The molecule has 0 fully saturated rings. The number of nitrogens with zero attached hydrogens (tertiary/aromatic N) is 3.